The van der Waals surface area contributed by atoms with Crippen LogP contribution in [0.3, 0.4) is 0 Å². The van der Waals surface area contributed by atoms with Gasteiger partial charge in [0, 0.05) is 18.3 Å². The molecular formula is C22H17ClN4O4S. The maximum Gasteiger partial charge on any atom is 0.275 e. The van der Waals surface area contributed by atoms with Gasteiger partial charge in [0.15, 0.2) is 0 Å². The molecule has 0 spiro atoms. The molecule has 10 heteroatoms. The van der Waals surface area contributed by atoms with Crippen LogP contribution in [0.2, 0.25) is 5.02 Å². The Balaban J connectivity index is 1.52. The number of hydrogen-bond acceptors (Lipinski definition) is 6. The predicted molar refractivity (Wildman–Crippen MR) is 123 cm³/mol. The summed E-state index contributed by atoms with van der Waals surface area (Å²) in [5.74, 6) is 0.425. The van der Waals surface area contributed by atoms with E-state index in [1.54, 1.807) is 35.3 Å². The van der Waals surface area contributed by atoms with E-state index in [0.29, 0.717) is 22.2 Å². The molecule has 4 rings (SSSR count). The lowest BCUT2D eigenvalue weighted by Crippen LogP contribution is -2.10. The highest BCUT2D eigenvalue weighted by Crippen LogP contribution is 2.30. The third-order valence-corrected chi connectivity index (χ3v) is 5.58. The van der Waals surface area contributed by atoms with Crippen LogP contribution >= 0.6 is 22.9 Å². The number of carbonyl (C=O) groups is 1. The van der Waals surface area contributed by atoms with Gasteiger partial charge in [0.05, 0.1) is 39.3 Å². The van der Waals surface area contributed by atoms with Crippen LogP contribution in [-0.4, -0.2) is 20.6 Å². The fourth-order valence-electron chi connectivity index (χ4n) is 3.02. The van der Waals surface area contributed by atoms with Gasteiger partial charge in [-0.3, -0.25) is 19.6 Å². The van der Waals surface area contributed by atoms with E-state index in [-0.39, 0.29) is 23.0 Å². The molecule has 0 atom stereocenters. The topological polar surface area (TPSA) is 99.3 Å². The van der Waals surface area contributed by atoms with Crippen LogP contribution in [0.4, 0.5) is 11.4 Å². The minimum Gasteiger partial charge on any atom is -0.457 e. The zero-order valence-electron chi connectivity index (χ0n) is 16.8. The van der Waals surface area contributed by atoms with Gasteiger partial charge < -0.3 is 10.1 Å². The number of amides is 1. The molecule has 2 aromatic heterocycles. The van der Waals surface area contributed by atoms with E-state index >= 15 is 0 Å². The summed E-state index contributed by atoms with van der Waals surface area (Å²) in [6, 6.07) is 13.2. The molecule has 1 amide bonds. The molecule has 0 aliphatic carbocycles. The van der Waals surface area contributed by atoms with Crippen molar-refractivity contribution in [3.05, 3.63) is 97.4 Å². The molecule has 4 aromatic rings. The second-order valence-corrected chi connectivity index (χ2v) is 8.37. The first-order valence-electron chi connectivity index (χ1n) is 9.46. The molecule has 2 aromatic carbocycles. The number of nitro groups is 1. The quantitative estimate of drug-likeness (QED) is 0.268. The minimum absolute atomic E-state index is 0.187. The van der Waals surface area contributed by atoms with E-state index in [4.69, 9.17) is 16.3 Å². The molecule has 0 unspecified atom stereocenters. The normalized spacial score (nSPS) is 10.7. The Labute approximate surface area is 192 Å². The van der Waals surface area contributed by atoms with Gasteiger partial charge in [0.2, 0.25) is 0 Å². The number of aryl methyl sites for hydroxylation is 1. The van der Waals surface area contributed by atoms with Crippen molar-refractivity contribution in [2.75, 3.05) is 5.32 Å². The molecule has 0 saturated heterocycles. The molecular weight excluding hydrogens is 452 g/mol. The highest BCUT2D eigenvalue weighted by Gasteiger charge is 2.15. The lowest BCUT2D eigenvalue weighted by atomic mass is 10.2. The largest absolute Gasteiger partial charge is 0.457 e. The number of nitro benzene ring substituents is 1. The summed E-state index contributed by atoms with van der Waals surface area (Å²) < 4.78 is 7.45. The zero-order chi connectivity index (χ0) is 22.7. The number of rotatable bonds is 7. The Bertz CT molecular complexity index is 1300. The maximum atomic E-state index is 12.7. The maximum absolute atomic E-state index is 12.7. The van der Waals surface area contributed by atoms with Crippen molar-refractivity contribution in [1.29, 1.82) is 0 Å². The highest BCUT2D eigenvalue weighted by molar-refractivity contribution is 7.12. The number of hydrogen-bond donors (Lipinski definition) is 1. The molecule has 0 fully saturated rings. The van der Waals surface area contributed by atoms with Crippen LogP contribution in [0, 0.1) is 17.0 Å². The second kappa shape index (κ2) is 9.21. The zero-order valence-corrected chi connectivity index (χ0v) is 18.4. The first-order valence-corrected chi connectivity index (χ1v) is 10.7. The van der Waals surface area contributed by atoms with E-state index in [9.17, 15) is 14.9 Å². The molecule has 0 aliphatic rings. The van der Waals surface area contributed by atoms with Crippen LogP contribution in [-0.2, 0) is 6.54 Å². The molecule has 1 N–H and O–H groups in total. The van der Waals surface area contributed by atoms with Crippen molar-refractivity contribution in [3.8, 4) is 11.5 Å². The monoisotopic (exact) mass is 468 g/mol. The molecule has 0 saturated carbocycles. The number of benzene rings is 2. The van der Waals surface area contributed by atoms with Crippen LogP contribution in [0.5, 0.6) is 11.5 Å². The molecule has 0 aliphatic heterocycles. The van der Waals surface area contributed by atoms with E-state index in [1.807, 2.05) is 30.5 Å². The van der Waals surface area contributed by atoms with Gasteiger partial charge in [0.1, 0.15) is 11.5 Å². The third kappa shape index (κ3) is 5.32. The van der Waals surface area contributed by atoms with Crippen LogP contribution in [0.15, 0.2) is 66.3 Å². The van der Waals surface area contributed by atoms with Crippen LogP contribution in [0.1, 0.15) is 20.8 Å². The summed E-state index contributed by atoms with van der Waals surface area (Å²) in [7, 11) is 0. The van der Waals surface area contributed by atoms with Gasteiger partial charge in [-0.15, -0.1) is 11.3 Å². The van der Waals surface area contributed by atoms with Crippen molar-refractivity contribution in [2.45, 2.75) is 13.5 Å². The Morgan fingerprint density at radius 1 is 1.25 bits per heavy atom. The standard InChI is InChI=1S/C22H17ClN4O4S/c1-14-3-2-4-19(5-14)31-20-8-17(7-18(9-20)27(29)30)25-22(28)21-6-15(13-32-21)11-26-12-16(23)10-24-26/h2-10,12-13H,11H2,1H3,(H,25,28). The molecule has 162 valence electrons. The van der Waals surface area contributed by atoms with Gasteiger partial charge >= 0.3 is 0 Å². The summed E-state index contributed by atoms with van der Waals surface area (Å²) in [5.41, 5.74) is 1.96. The molecule has 32 heavy (non-hydrogen) atoms. The molecule has 8 nitrogen and oxygen atoms in total. The molecule has 0 bridgehead atoms. The number of nitrogens with zero attached hydrogens (tertiary/aromatic N) is 3. The second-order valence-electron chi connectivity index (χ2n) is 7.02. The highest BCUT2D eigenvalue weighted by atomic mass is 35.5. The van der Waals surface area contributed by atoms with Gasteiger partial charge in [0.25, 0.3) is 11.6 Å². The smallest absolute Gasteiger partial charge is 0.275 e. The fraction of sp³-hybridized carbons (Fsp3) is 0.0909. The van der Waals surface area contributed by atoms with Crippen molar-refractivity contribution < 1.29 is 14.5 Å². The number of thiophene rings is 1. The van der Waals surface area contributed by atoms with Gasteiger partial charge in [-0.25, -0.2) is 0 Å². The lowest BCUT2D eigenvalue weighted by molar-refractivity contribution is -0.384. The number of ether oxygens (including phenoxy) is 1. The van der Waals surface area contributed by atoms with E-state index < -0.39 is 4.92 Å². The van der Waals surface area contributed by atoms with E-state index in [0.717, 1.165) is 11.1 Å². The Kier molecular flexibility index (Phi) is 6.20. The van der Waals surface area contributed by atoms with Gasteiger partial charge in [-0.2, -0.15) is 5.10 Å². The number of halogens is 1. The Morgan fingerprint density at radius 3 is 2.81 bits per heavy atom. The van der Waals surface area contributed by atoms with Crippen molar-refractivity contribution >= 4 is 40.2 Å². The minimum atomic E-state index is -0.531. The summed E-state index contributed by atoms with van der Waals surface area (Å²) in [5, 5.41) is 20.6. The molecule has 2 heterocycles. The van der Waals surface area contributed by atoms with Crippen molar-refractivity contribution in [3.63, 3.8) is 0 Å². The first kappa shape index (κ1) is 21.5. The van der Waals surface area contributed by atoms with Crippen LogP contribution in [0.25, 0.3) is 0 Å². The number of non-ortho nitro benzene ring substituents is 1. The van der Waals surface area contributed by atoms with Crippen LogP contribution < -0.4 is 10.1 Å². The van der Waals surface area contributed by atoms with E-state index in [1.165, 1.54) is 23.5 Å². The number of carbonyl (C=O) groups excluding carboxylic acids is 1. The van der Waals surface area contributed by atoms with E-state index in [2.05, 4.69) is 10.4 Å². The summed E-state index contributed by atoms with van der Waals surface area (Å²) >= 11 is 7.15. The average Bonchev–Trinajstić information content (AvgIpc) is 3.37. The van der Waals surface area contributed by atoms with Gasteiger partial charge in [-0.1, -0.05) is 23.7 Å². The summed E-state index contributed by atoms with van der Waals surface area (Å²) in [4.78, 5) is 24.0. The number of aromatic nitrogens is 2. The predicted octanol–water partition coefficient (Wildman–Crippen LogP) is 5.91. The van der Waals surface area contributed by atoms with Gasteiger partial charge in [-0.05, 0) is 41.6 Å². The van der Waals surface area contributed by atoms with Crippen molar-refractivity contribution in [1.82, 2.24) is 9.78 Å². The average molecular weight is 469 g/mol. The number of anilines is 1. The Hall–Kier alpha value is -3.69. The van der Waals surface area contributed by atoms with Crippen molar-refractivity contribution in [2.24, 2.45) is 0 Å². The number of nitrogens with one attached hydrogen (secondary N) is 1. The SMILES string of the molecule is Cc1cccc(Oc2cc(NC(=O)c3cc(Cn4cc(Cl)cn4)cs3)cc([N+](=O)[O-])c2)c1. The molecule has 0 radical (unpaired) electrons. The first-order chi connectivity index (χ1) is 15.4. The fourth-order valence-corrected chi connectivity index (χ4v) is 3.97. The lowest BCUT2D eigenvalue weighted by Gasteiger charge is -2.09. The summed E-state index contributed by atoms with van der Waals surface area (Å²) in [6.45, 7) is 2.39. The third-order valence-electron chi connectivity index (χ3n) is 4.41. The summed E-state index contributed by atoms with van der Waals surface area (Å²) in [6.07, 6.45) is 3.23. The Morgan fingerprint density at radius 2 is 2.09 bits per heavy atom.